The smallest absolute Gasteiger partial charge is 0.325 e. The number of carbonyl (C=O) groups is 3. The fraction of sp³-hybridized carbons (Fsp3) is 0.786. The zero-order valence-corrected chi connectivity index (χ0v) is 13.9. The molecule has 0 aromatic heterocycles. The van der Waals surface area contributed by atoms with E-state index in [1.54, 1.807) is 13.8 Å². The van der Waals surface area contributed by atoms with Gasteiger partial charge >= 0.3 is 6.03 Å². The second-order valence-corrected chi connectivity index (χ2v) is 6.26. The number of rotatable bonds is 5. The maximum atomic E-state index is 11.9. The molecule has 1 atom stereocenters. The summed E-state index contributed by atoms with van der Waals surface area (Å²) in [6, 6.07) is -0.503. The highest BCUT2D eigenvalue weighted by molar-refractivity contribution is 6.07. The molecular weight excluding hydrogens is 308 g/mol. The van der Waals surface area contributed by atoms with Crippen molar-refractivity contribution in [3.63, 3.8) is 0 Å². The molecule has 0 saturated carbocycles. The molecule has 2 aliphatic rings. The number of carbonyl (C=O) groups excluding carboxylic acids is 3. The van der Waals surface area contributed by atoms with Gasteiger partial charge in [-0.05, 0) is 52.1 Å². The average molecular weight is 333 g/mol. The predicted molar refractivity (Wildman–Crippen MR) is 84.8 cm³/mol. The molecule has 0 bridgehead atoms. The number of amides is 4. The lowest BCUT2D eigenvalue weighted by Crippen LogP contribution is -2.49. The van der Waals surface area contributed by atoms with E-state index >= 15 is 0 Å². The Morgan fingerprint density at radius 3 is 2.68 bits per heavy atom. The lowest BCUT2D eigenvalue weighted by Gasteiger charge is -2.27. The molecule has 0 spiro atoms. The number of piperidine rings is 1. The Balaban J connectivity index is 0.00000242. The molecule has 2 rings (SSSR count). The van der Waals surface area contributed by atoms with Crippen LogP contribution >= 0.6 is 12.4 Å². The Morgan fingerprint density at radius 2 is 2.14 bits per heavy atom. The molecule has 2 aliphatic heterocycles. The molecule has 0 radical (unpaired) electrons. The standard InChI is InChI=1S/C14H24N4O3.ClH/c1-14(2)12(20)17-13(21)18(14)9-11(19)16-7-5-10-4-3-6-15-8-10;/h10,15H,3-9H2,1-2H3,(H,16,19)(H,17,20,21);1H. The minimum Gasteiger partial charge on any atom is -0.355 e. The number of halogens is 1. The summed E-state index contributed by atoms with van der Waals surface area (Å²) in [5.41, 5.74) is -0.971. The molecule has 2 saturated heterocycles. The quantitative estimate of drug-likeness (QED) is 0.629. The highest BCUT2D eigenvalue weighted by Gasteiger charge is 2.46. The van der Waals surface area contributed by atoms with Gasteiger partial charge in [-0.2, -0.15) is 0 Å². The summed E-state index contributed by atoms with van der Waals surface area (Å²) in [6.45, 7) is 5.87. The van der Waals surface area contributed by atoms with E-state index in [4.69, 9.17) is 0 Å². The Hall–Kier alpha value is -1.34. The molecular formula is C14H25ClN4O3. The van der Waals surface area contributed by atoms with Gasteiger partial charge in [0.1, 0.15) is 12.1 Å². The highest BCUT2D eigenvalue weighted by atomic mass is 35.5. The number of urea groups is 1. The molecule has 0 aromatic carbocycles. The van der Waals surface area contributed by atoms with Crippen LogP contribution in [0.25, 0.3) is 0 Å². The van der Waals surface area contributed by atoms with Crippen molar-refractivity contribution in [2.45, 2.75) is 38.6 Å². The van der Waals surface area contributed by atoms with Gasteiger partial charge < -0.3 is 15.5 Å². The zero-order valence-electron chi connectivity index (χ0n) is 13.1. The lowest BCUT2D eigenvalue weighted by atomic mass is 9.96. The van der Waals surface area contributed by atoms with Crippen molar-refractivity contribution in [2.24, 2.45) is 5.92 Å². The minimum absolute atomic E-state index is 0. The largest absolute Gasteiger partial charge is 0.355 e. The molecule has 8 heteroatoms. The van der Waals surface area contributed by atoms with E-state index in [0.29, 0.717) is 12.5 Å². The van der Waals surface area contributed by atoms with Crippen molar-refractivity contribution in [1.29, 1.82) is 0 Å². The molecule has 0 aliphatic carbocycles. The van der Waals surface area contributed by atoms with Gasteiger partial charge in [-0.3, -0.25) is 14.9 Å². The minimum atomic E-state index is -0.971. The zero-order chi connectivity index (χ0) is 15.5. The fourth-order valence-electron chi connectivity index (χ4n) is 2.75. The van der Waals surface area contributed by atoms with Gasteiger partial charge in [0.15, 0.2) is 0 Å². The van der Waals surface area contributed by atoms with Crippen molar-refractivity contribution in [1.82, 2.24) is 20.9 Å². The van der Waals surface area contributed by atoms with Crippen LogP contribution < -0.4 is 16.0 Å². The number of imide groups is 1. The Bertz CT molecular complexity index is 436. The van der Waals surface area contributed by atoms with Crippen LogP contribution in [0.4, 0.5) is 4.79 Å². The molecule has 2 heterocycles. The third-order valence-electron chi connectivity index (χ3n) is 4.27. The topological polar surface area (TPSA) is 90.5 Å². The summed E-state index contributed by atoms with van der Waals surface area (Å²) in [7, 11) is 0. The summed E-state index contributed by atoms with van der Waals surface area (Å²) < 4.78 is 0. The second-order valence-electron chi connectivity index (χ2n) is 6.26. The lowest BCUT2D eigenvalue weighted by molar-refractivity contribution is -0.127. The first-order valence-electron chi connectivity index (χ1n) is 7.51. The van der Waals surface area contributed by atoms with Crippen molar-refractivity contribution in [3.05, 3.63) is 0 Å². The van der Waals surface area contributed by atoms with Gasteiger partial charge in [0.05, 0.1) is 0 Å². The predicted octanol–water partition coefficient (Wildman–Crippen LogP) is 0.245. The number of nitrogens with one attached hydrogen (secondary N) is 3. The third kappa shape index (κ3) is 4.33. The first-order chi connectivity index (χ1) is 9.91. The van der Waals surface area contributed by atoms with Gasteiger partial charge in [-0.1, -0.05) is 0 Å². The SMILES string of the molecule is CC1(C)C(=O)NC(=O)N1CC(=O)NCCC1CCCNC1.Cl. The maximum Gasteiger partial charge on any atom is 0.325 e. The summed E-state index contributed by atoms with van der Waals surface area (Å²) >= 11 is 0. The molecule has 0 aromatic rings. The van der Waals surface area contributed by atoms with E-state index in [1.165, 1.54) is 17.7 Å². The van der Waals surface area contributed by atoms with Crippen LogP contribution in [-0.2, 0) is 9.59 Å². The van der Waals surface area contributed by atoms with E-state index < -0.39 is 11.6 Å². The van der Waals surface area contributed by atoms with Crippen LogP contribution in [0.15, 0.2) is 0 Å². The second kappa shape index (κ2) is 7.78. The van der Waals surface area contributed by atoms with Gasteiger partial charge in [-0.25, -0.2) is 4.79 Å². The van der Waals surface area contributed by atoms with Gasteiger partial charge in [0, 0.05) is 6.54 Å². The van der Waals surface area contributed by atoms with Crippen LogP contribution in [-0.4, -0.2) is 54.5 Å². The summed E-state index contributed by atoms with van der Waals surface area (Å²) in [4.78, 5) is 36.5. The van der Waals surface area contributed by atoms with Crippen LogP contribution in [0, 0.1) is 5.92 Å². The molecule has 3 N–H and O–H groups in total. The maximum absolute atomic E-state index is 11.9. The highest BCUT2D eigenvalue weighted by Crippen LogP contribution is 2.20. The summed E-state index contributed by atoms with van der Waals surface area (Å²) in [5.74, 6) is 0.0115. The van der Waals surface area contributed by atoms with E-state index in [-0.39, 0.29) is 30.8 Å². The van der Waals surface area contributed by atoms with Gasteiger partial charge in [0.25, 0.3) is 5.91 Å². The first-order valence-corrected chi connectivity index (χ1v) is 7.51. The van der Waals surface area contributed by atoms with Crippen LogP contribution in [0.1, 0.15) is 33.1 Å². The van der Waals surface area contributed by atoms with E-state index in [1.807, 2.05) is 0 Å². The number of nitrogens with zero attached hydrogens (tertiary/aromatic N) is 1. The van der Waals surface area contributed by atoms with Gasteiger partial charge in [-0.15, -0.1) is 12.4 Å². The van der Waals surface area contributed by atoms with E-state index in [0.717, 1.165) is 19.5 Å². The molecule has 4 amide bonds. The molecule has 1 unspecified atom stereocenters. The first kappa shape index (κ1) is 18.7. The molecule has 7 nitrogen and oxygen atoms in total. The Labute approximate surface area is 137 Å². The molecule has 126 valence electrons. The van der Waals surface area contributed by atoms with Crippen molar-refractivity contribution in [3.8, 4) is 0 Å². The van der Waals surface area contributed by atoms with Crippen molar-refractivity contribution < 1.29 is 14.4 Å². The molecule has 22 heavy (non-hydrogen) atoms. The van der Waals surface area contributed by atoms with Crippen LogP contribution in [0.2, 0.25) is 0 Å². The number of hydrogen-bond acceptors (Lipinski definition) is 4. The Kier molecular flexibility index (Phi) is 6.62. The van der Waals surface area contributed by atoms with E-state index in [9.17, 15) is 14.4 Å². The van der Waals surface area contributed by atoms with Crippen LogP contribution in [0.5, 0.6) is 0 Å². The van der Waals surface area contributed by atoms with Gasteiger partial charge in [0.2, 0.25) is 5.91 Å². The van der Waals surface area contributed by atoms with Crippen molar-refractivity contribution >= 4 is 30.3 Å². The van der Waals surface area contributed by atoms with Crippen LogP contribution in [0.3, 0.4) is 0 Å². The monoisotopic (exact) mass is 332 g/mol. The molecule has 2 fully saturated rings. The fourth-order valence-corrected chi connectivity index (χ4v) is 2.75. The van der Waals surface area contributed by atoms with E-state index in [2.05, 4.69) is 16.0 Å². The number of hydrogen-bond donors (Lipinski definition) is 3. The summed E-state index contributed by atoms with van der Waals surface area (Å²) in [6.07, 6.45) is 3.31. The normalized spacial score (nSPS) is 23.7. The third-order valence-corrected chi connectivity index (χ3v) is 4.27. The average Bonchev–Trinajstić information content (AvgIpc) is 2.63. The summed E-state index contributed by atoms with van der Waals surface area (Å²) in [5, 5.41) is 8.40. The van der Waals surface area contributed by atoms with Crippen molar-refractivity contribution in [2.75, 3.05) is 26.2 Å². The Morgan fingerprint density at radius 1 is 1.41 bits per heavy atom.